The molecule has 1 heterocycles. The molecule has 0 aliphatic carbocycles. The number of thiazole rings is 1. The van der Waals surface area contributed by atoms with E-state index in [-0.39, 0.29) is 12.2 Å². The lowest BCUT2D eigenvalue weighted by Gasteiger charge is -2.19. The van der Waals surface area contributed by atoms with Crippen LogP contribution in [0.25, 0.3) is 10.6 Å². The van der Waals surface area contributed by atoms with E-state index in [0.29, 0.717) is 10.7 Å². The molecule has 0 unspecified atom stereocenters. The Morgan fingerprint density at radius 1 is 1.07 bits per heavy atom. The van der Waals surface area contributed by atoms with Crippen LogP contribution in [-0.4, -0.2) is 30.0 Å². The number of amides is 1. The first-order valence-corrected chi connectivity index (χ1v) is 8.97. The highest BCUT2D eigenvalue weighted by Gasteiger charge is 2.19. The first kappa shape index (κ1) is 18.3. The number of para-hydroxylation sites is 1. The van der Waals surface area contributed by atoms with Crippen molar-refractivity contribution in [2.75, 3.05) is 18.1 Å². The molecule has 0 fully saturated rings. The lowest BCUT2D eigenvalue weighted by atomic mass is 10.2. The van der Waals surface area contributed by atoms with E-state index in [0.717, 1.165) is 5.56 Å². The summed E-state index contributed by atoms with van der Waals surface area (Å²) in [7, 11) is 0. The van der Waals surface area contributed by atoms with Crippen molar-refractivity contribution in [3.63, 3.8) is 0 Å². The lowest BCUT2D eigenvalue weighted by molar-refractivity contribution is -0.121. The average molecular weight is 377 g/mol. The quantitative estimate of drug-likeness (QED) is 0.485. The van der Waals surface area contributed by atoms with Crippen LogP contribution in [0.4, 0.5) is 5.69 Å². The fraction of sp³-hybridized carbons (Fsp3) is 0.100. The molecule has 0 bridgehead atoms. The summed E-state index contributed by atoms with van der Waals surface area (Å²) in [5.74, 6) is -1.15. The zero-order chi connectivity index (χ0) is 19.1. The van der Waals surface area contributed by atoms with Crippen molar-refractivity contribution >= 4 is 28.9 Å². The SMILES string of the molecule is N#CCN(C(=O)COC(=O)c1csc(-c2ccccc2)n1)c1ccccc1. The number of anilines is 1. The van der Waals surface area contributed by atoms with E-state index < -0.39 is 18.5 Å². The second-order valence-electron chi connectivity index (χ2n) is 5.45. The number of carbonyl (C=O) groups is 2. The summed E-state index contributed by atoms with van der Waals surface area (Å²) < 4.78 is 5.09. The molecule has 3 aromatic rings. The van der Waals surface area contributed by atoms with Gasteiger partial charge in [-0.1, -0.05) is 48.5 Å². The van der Waals surface area contributed by atoms with Crippen molar-refractivity contribution in [3.05, 3.63) is 71.7 Å². The van der Waals surface area contributed by atoms with Crippen molar-refractivity contribution in [3.8, 4) is 16.6 Å². The number of ether oxygens (including phenoxy) is 1. The number of carbonyl (C=O) groups excluding carboxylic acids is 2. The van der Waals surface area contributed by atoms with E-state index in [1.165, 1.54) is 16.2 Å². The molecule has 6 nitrogen and oxygen atoms in total. The number of aromatic nitrogens is 1. The van der Waals surface area contributed by atoms with E-state index >= 15 is 0 Å². The van der Waals surface area contributed by atoms with Crippen LogP contribution in [0, 0.1) is 11.3 Å². The van der Waals surface area contributed by atoms with Gasteiger partial charge in [-0.15, -0.1) is 11.3 Å². The Bertz CT molecular complexity index is 965. The third-order valence-electron chi connectivity index (χ3n) is 3.66. The third-order valence-corrected chi connectivity index (χ3v) is 4.55. The zero-order valence-corrected chi connectivity index (χ0v) is 15.1. The molecule has 27 heavy (non-hydrogen) atoms. The predicted octanol–water partition coefficient (Wildman–Crippen LogP) is 3.52. The van der Waals surface area contributed by atoms with Crippen LogP contribution in [-0.2, 0) is 9.53 Å². The number of nitrogens with zero attached hydrogens (tertiary/aromatic N) is 3. The fourth-order valence-corrected chi connectivity index (χ4v) is 3.16. The number of rotatable bonds is 6. The zero-order valence-electron chi connectivity index (χ0n) is 14.2. The molecule has 3 rings (SSSR count). The molecule has 0 saturated heterocycles. The summed E-state index contributed by atoms with van der Waals surface area (Å²) in [6.45, 7) is -0.594. The van der Waals surface area contributed by atoms with Crippen LogP contribution in [0.5, 0.6) is 0 Å². The van der Waals surface area contributed by atoms with E-state index in [2.05, 4.69) is 4.98 Å². The molecule has 134 valence electrons. The molecule has 0 aliphatic rings. The number of hydrogen-bond acceptors (Lipinski definition) is 6. The Hall–Kier alpha value is -3.50. The highest BCUT2D eigenvalue weighted by Crippen LogP contribution is 2.23. The first-order chi connectivity index (χ1) is 13.2. The minimum Gasteiger partial charge on any atom is -0.451 e. The molecular weight excluding hydrogens is 362 g/mol. The molecule has 1 amide bonds. The molecule has 2 aromatic carbocycles. The fourth-order valence-electron chi connectivity index (χ4n) is 2.36. The number of esters is 1. The van der Waals surface area contributed by atoms with Gasteiger partial charge in [-0.2, -0.15) is 5.26 Å². The van der Waals surface area contributed by atoms with Crippen molar-refractivity contribution in [2.45, 2.75) is 0 Å². The van der Waals surface area contributed by atoms with Gasteiger partial charge in [0.25, 0.3) is 5.91 Å². The van der Waals surface area contributed by atoms with E-state index in [1.54, 1.807) is 29.6 Å². The van der Waals surface area contributed by atoms with Gasteiger partial charge in [-0.05, 0) is 12.1 Å². The highest BCUT2D eigenvalue weighted by molar-refractivity contribution is 7.13. The molecule has 0 spiro atoms. The van der Waals surface area contributed by atoms with Crippen molar-refractivity contribution in [1.29, 1.82) is 5.26 Å². The first-order valence-electron chi connectivity index (χ1n) is 8.09. The topological polar surface area (TPSA) is 83.3 Å². The summed E-state index contributed by atoms with van der Waals surface area (Å²) in [5, 5.41) is 11.2. The summed E-state index contributed by atoms with van der Waals surface area (Å²) >= 11 is 1.33. The molecule has 7 heteroatoms. The standard InChI is InChI=1S/C20H15N3O3S/c21-11-12-23(16-9-5-2-6-10-16)18(24)13-26-20(25)17-14-27-19(22-17)15-7-3-1-4-8-15/h1-10,14H,12-13H2. The Balaban J connectivity index is 1.64. The van der Waals surface area contributed by atoms with Gasteiger partial charge in [0.1, 0.15) is 11.6 Å². The minimum atomic E-state index is -0.674. The van der Waals surface area contributed by atoms with Gasteiger partial charge in [0.05, 0.1) is 6.07 Å². The van der Waals surface area contributed by atoms with Crippen LogP contribution >= 0.6 is 11.3 Å². The van der Waals surface area contributed by atoms with Crippen molar-refractivity contribution in [1.82, 2.24) is 4.98 Å². The summed E-state index contributed by atoms with van der Waals surface area (Å²) in [6, 6.07) is 20.2. The Morgan fingerprint density at radius 2 is 1.74 bits per heavy atom. The second kappa shape index (κ2) is 8.74. The number of nitriles is 1. The van der Waals surface area contributed by atoms with Gasteiger partial charge in [-0.25, -0.2) is 9.78 Å². The van der Waals surface area contributed by atoms with E-state index in [9.17, 15) is 9.59 Å². The van der Waals surface area contributed by atoms with E-state index in [4.69, 9.17) is 10.00 Å². The summed E-state index contributed by atoms with van der Waals surface area (Å²) in [4.78, 5) is 30.1. The van der Waals surface area contributed by atoms with Crippen LogP contribution in [0.3, 0.4) is 0 Å². The van der Waals surface area contributed by atoms with E-state index in [1.807, 2.05) is 42.5 Å². The van der Waals surface area contributed by atoms with Gasteiger partial charge >= 0.3 is 5.97 Å². The van der Waals surface area contributed by atoms with Crippen LogP contribution in [0.1, 0.15) is 10.5 Å². The molecule has 0 saturated carbocycles. The molecular formula is C20H15N3O3S. The van der Waals surface area contributed by atoms with Gasteiger partial charge in [-0.3, -0.25) is 9.69 Å². The maximum Gasteiger partial charge on any atom is 0.358 e. The summed E-state index contributed by atoms with van der Waals surface area (Å²) in [6.07, 6.45) is 0. The average Bonchev–Trinajstić information content (AvgIpc) is 3.22. The van der Waals surface area contributed by atoms with Gasteiger partial charge in [0.15, 0.2) is 12.3 Å². The molecule has 1 aromatic heterocycles. The largest absolute Gasteiger partial charge is 0.451 e. The monoisotopic (exact) mass is 377 g/mol. The van der Waals surface area contributed by atoms with Crippen molar-refractivity contribution in [2.24, 2.45) is 0 Å². The lowest BCUT2D eigenvalue weighted by Crippen LogP contribution is -2.35. The molecule has 0 aliphatic heterocycles. The molecule has 0 radical (unpaired) electrons. The van der Waals surface area contributed by atoms with Gasteiger partial charge in [0, 0.05) is 16.6 Å². The maximum absolute atomic E-state index is 12.4. The van der Waals surface area contributed by atoms with Gasteiger partial charge in [0.2, 0.25) is 0 Å². The second-order valence-corrected chi connectivity index (χ2v) is 6.31. The smallest absolute Gasteiger partial charge is 0.358 e. The third kappa shape index (κ3) is 4.57. The van der Waals surface area contributed by atoms with Crippen LogP contribution in [0.2, 0.25) is 0 Å². The minimum absolute atomic E-state index is 0.130. The Morgan fingerprint density at radius 3 is 2.41 bits per heavy atom. The maximum atomic E-state index is 12.4. The van der Waals surface area contributed by atoms with Gasteiger partial charge < -0.3 is 4.74 Å². The van der Waals surface area contributed by atoms with Crippen molar-refractivity contribution < 1.29 is 14.3 Å². The molecule has 0 N–H and O–H groups in total. The van der Waals surface area contributed by atoms with Crippen LogP contribution in [0.15, 0.2) is 66.0 Å². The molecule has 0 atom stereocenters. The predicted molar refractivity (Wildman–Crippen MR) is 102 cm³/mol. The highest BCUT2D eigenvalue weighted by atomic mass is 32.1. The Kier molecular flexibility index (Phi) is 5.92. The summed E-state index contributed by atoms with van der Waals surface area (Å²) in [5.41, 5.74) is 1.63. The number of benzene rings is 2. The normalized spacial score (nSPS) is 10.0. The number of hydrogen-bond donors (Lipinski definition) is 0. The van der Waals surface area contributed by atoms with Crippen LogP contribution < -0.4 is 4.90 Å². The Labute approximate surface area is 160 Å².